The maximum atomic E-state index is 13.5. The van der Waals surface area contributed by atoms with Crippen LogP contribution in [0.15, 0.2) is 36.4 Å². The SMILES string of the molecule is Cc1cc(F)cc(C)c1C(=O)Cc1ccccc1F. The maximum Gasteiger partial charge on any atom is 0.167 e. The van der Waals surface area contributed by atoms with Gasteiger partial charge >= 0.3 is 0 Å². The van der Waals surface area contributed by atoms with E-state index in [1.54, 1.807) is 32.0 Å². The third-order valence-corrected chi connectivity index (χ3v) is 3.09. The second-order valence-corrected chi connectivity index (χ2v) is 4.61. The number of carbonyl (C=O) groups excluding carboxylic acids is 1. The molecule has 0 atom stereocenters. The number of Topliss-reactive ketones (excluding diaryl/α,β-unsaturated/α-hetero) is 1. The van der Waals surface area contributed by atoms with Crippen LogP contribution in [-0.4, -0.2) is 5.78 Å². The molecule has 3 heteroatoms. The first-order valence-electron chi connectivity index (χ1n) is 6.02. The smallest absolute Gasteiger partial charge is 0.167 e. The van der Waals surface area contributed by atoms with Crippen molar-refractivity contribution in [1.29, 1.82) is 0 Å². The summed E-state index contributed by atoms with van der Waals surface area (Å²) >= 11 is 0. The Kier molecular flexibility index (Phi) is 3.74. The molecule has 0 aromatic heterocycles. The largest absolute Gasteiger partial charge is 0.294 e. The van der Waals surface area contributed by atoms with Crippen LogP contribution < -0.4 is 0 Å². The standard InChI is InChI=1S/C16H14F2O/c1-10-7-13(17)8-11(2)16(10)15(19)9-12-5-3-4-6-14(12)18/h3-8H,9H2,1-2H3. The van der Waals surface area contributed by atoms with Crippen molar-refractivity contribution in [2.75, 3.05) is 0 Å². The molecule has 19 heavy (non-hydrogen) atoms. The molecule has 1 nitrogen and oxygen atoms in total. The molecule has 2 rings (SSSR count). The lowest BCUT2D eigenvalue weighted by molar-refractivity contribution is 0.0990. The van der Waals surface area contributed by atoms with E-state index in [1.807, 2.05) is 0 Å². The molecule has 0 heterocycles. The van der Waals surface area contributed by atoms with Crippen LogP contribution in [0, 0.1) is 25.5 Å². The minimum atomic E-state index is -0.395. The van der Waals surface area contributed by atoms with Crippen LogP contribution >= 0.6 is 0 Å². The van der Waals surface area contributed by atoms with Gasteiger partial charge in [0.25, 0.3) is 0 Å². The van der Waals surface area contributed by atoms with Crippen LogP contribution in [0.25, 0.3) is 0 Å². The average molecular weight is 260 g/mol. The molecule has 0 spiro atoms. The number of rotatable bonds is 3. The predicted octanol–water partition coefficient (Wildman–Crippen LogP) is 4.01. The Balaban J connectivity index is 2.34. The molecule has 98 valence electrons. The van der Waals surface area contributed by atoms with Gasteiger partial charge in [0.05, 0.1) is 0 Å². The summed E-state index contributed by atoms with van der Waals surface area (Å²) in [4.78, 5) is 12.2. The number of halogens is 2. The van der Waals surface area contributed by atoms with Crippen LogP contribution in [0.5, 0.6) is 0 Å². The molecular weight excluding hydrogens is 246 g/mol. The van der Waals surface area contributed by atoms with Gasteiger partial charge in [-0.15, -0.1) is 0 Å². The van der Waals surface area contributed by atoms with Crippen LogP contribution in [0.3, 0.4) is 0 Å². The van der Waals surface area contributed by atoms with Crippen molar-refractivity contribution in [2.24, 2.45) is 0 Å². The van der Waals surface area contributed by atoms with Gasteiger partial charge in [0.1, 0.15) is 11.6 Å². The fourth-order valence-electron chi connectivity index (χ4n) is 2.25. The summed E-state index contributed by atoms with van der Waals surface area (Å²) in [6.07, 6.45) is -0.0139. The van der Waals surface area contributed by atoms with Crippen molar-refractivity contribution in [2.45, 2.75) is 20.3 Å². The van der Waals surface area contributed by atoms with Gasteiger partial charge in [-0.25, -0.2) is 8.78 Å². The highest BCUT2D eigenvalue weighted by Gasteiger charge is 2.15. The van der Waals surface area contributed by atoms with Crippen molar-refractivity contribution < 1.29 is 13.6 Å². The molecular formula is C16H14F2O. The summed E-state index contributed by atoms with van der Waals surface area (Å²) in [5.74, 6) is -0.953. The molecule has 0 saturated carbocycles. The zero-order valence-electron chi connectivity index (χ0n) is 10.8. The van der Waals surface area contributed by atoms with Gasteiger partial charge in [0, 0.05) is 12.0 Å². The van der Waals surface area contributed by atoms with E-state index in [0.29, 0.717) is 22.3 Å². The lowest BCUT2D eigenvalue weighted by atomic mass is 9.95. The monoisotopic (exact) mass is 260 g/mol. The van der Waals surface area contributed by atoms with E-state index in [9.17, 15) is 13.6 Å². The van der Waals surface area contributed by atoms with Crippen molar-refractivity contribution in [3.8, 4) is 0 Å². The van der Waals surface area contributed by atoms with Crippen LogP contribution in [0.2, 0.25) is 0 Å². The first-order chi connectivity index (χ1) is 8.99. The number of hydrogen-bond donors (Lipinski definition) is 0. The van der Waals surface area contributed by atoms with Crippen molar-refractivity contribution >= 4 is 5.78 Å². The summed E-state index contributed by atoms with van der Waals surface area (Å²) in [5.41, 5.74) is 2.00. The molecule has 0 radical (unpaired) electrons. The summed E-state index contributed by atoms with van der Waals surface area (Å²) < 4.78 is 26.7. The number of ketones is 1. The van der Waals surface area contributed by atoms with Crippen molar-refractivity contribution in [1.82, 2.24) is 0 Å². The molecule has 2 aromatic carbocycles. The zero-order chi connectivity index (χ0) is 14.0. The van der Waals surface area contributed by atoms with Gasteiger partial charge in [0.2, 0.25) is 0 Å². The van der Waals surface area contributed by atoms with E-state index in [4.69, 9.17) is 0 Å². The minimum absolute atomic E-state index is 0.0139. The molecule has 0 unspecified atom stereocenters. The Labute approximate surface area is 110 Å². The van der Waals surface area contributed by atoms with Crippen molar-refractivity contribution in [3.63, 3.8) is 0 Å². The summed E-state index contributed by atoms with van der Waals surface area (Å²) in [6, 6.07) is 8.82. The highest BCUT2D eigenvalue weighted by Crippen LogP contribution is 2.19. The Bertz CT molecular complexity index is 609. The summed E-state index contributed by atoms with van der Waals surface area (Å²) in [5, 5.41) is 0. The predicted molar refractivity (Wildman–Crippen MR) is 70.3 cm³/mol. The number of hydrogen-bond acceptors (Lipinski definition) is 1. The van der Waals surface area contributed by atoms with Crippen molar-refractivity contribution in [3.05, 3.63) is 70.3 Å². The Morgan fingerprint density at radius 1 is 1.05 bits per heavy atom. The van der Waals surface area contributed by atoms with E-state index >= 15 is 0 Å². The van der Waals surface area contributed by atoms with Crippen LogP contribution in [-0.2, 0) is 6.42 Å². The van der Waals surface area contributed by atoms with Crippen LogP contribution in [0.1, 0.15) is 27.0 Å². The molecule has 2 aromatic rings. The van der Waals surface area contributed by atoms with Gasteiger partial charge < -0.3 is 0 Å². The number of benzene rings is 2. The Morgan fingerprint density at radius 2 is 1.63 bits per heavy atom. The van der Waals surface area contributed by atoms with E-state index in [0.717, 1.165) is 0 Å². The lowest BCUT2D eigenvalue weighted by Crippen LogP contribution is -2.09. The molecule has 0 N–H and O–H groups in total. The molecule has 0 fully saturated rings. The molecule has 0 aliphatic carbocycles. The second kappa shape index (κ2) is 5.31. The summed E-state index contributed by atoms with van der Waals surface area (Å²) in [6.45, 7) is 3.37. The van der Waals surface area contributed by atoms with Crippen LogP contribution in [0.4, 0.5) is 8.78 Å². The average Bonchev–Trinajstić information content (AvgIpc) is 2.30. The highest BCUT2D eigenvalue weighted by atomic mass is 19.1. The van der Waals surface area contributed by atoms with Gasteiger partial charge in [-0.2, -0.15) is 0 Å². The van der Waals surface area contributed by atoms with Gasteiger partial charge in [0.15, 0.2) is 5.78 Å². The summed E-state index contributed by atoms with van der Waals surface area (Å²) in [7, 11) is 0. The lowest BCUT2D eigenvalue weighted by Gasteiger charge is -2.09. The highest BCUT2D eigenvalue weighted by molar-refractivity contribution is 6.00. The maximum absolute atomic E-state index is 13.5. The molecule has 0 aliphatic rings. The van der Waals surface area contributed by atoms with E-state index in [-0.39, 0.29) is 18.0 Å². The Hall–Kier alpha value is -2.03. The Morgan fingerprint density at radius 3 is 2.21 bits per heavy atom. The third kappa shape index (κ3) is 2.87. The van der Waals surface area contributed by atoms with Gasteiger partial charge in [-0.05, 0) is 48.7 Å². The third-order valence-electron chi connectivity index (χ3n) is 3.09. The topological polar surface area (TPSA) is 17.1 Å². The fraction of sp³-hybridized carbons (Fsp3) is 0.188. The molecule has 0 saturated heterocycles. The normalized spacial score (nSPS) is 10.5. The fourth-order valence-corrected chi connectivity index (χ4v) is 2.25. The first-order valence-corrected chi connectivity index (χ1v) is 6.02. The van der Waals surface area contributed by atoms with Gasteiger partial charge in [-0.1, -0.05) is 18.2 Å². The van der Waals surface area contributed by atoms with E-state index in [2.05, 4.69) is 0 Å². The zero-order valence-corrected chi connectivity index (χ0v) is 10.8. The molecule has 0 amide bonds. The quantitative estimate of drug-likeness (QED) is 0.762. The van der Waals surface area contributed by atoms with E-state index in [1.165, 1.54) is 18.2 Å². The molecule has 0 aliphatic heterocycles. The first kappa shape index (κ1) is 13.4. The van der Waals surface area contributed by atoms with Gasteiger partial charge in [-0.3, -0.25) is 4.79 Å². The molecule has 0 bridgehead atoms. The number of carbonyl (C=O) groups is 1. The van der Waals surface area contributed by atoms with E-state index < -0.39 is 5.82 Å². The number of aryl methyl sites for hydroxylation is 2. The minimum Gasteiger partial charge on any atom is -0.294 e. The second-order valence-electron chi connectivity index (χ2n) is 4.61.